The summed E-state index contributed by atoms with van der Waals surface area (Å²) in [5.74, 6) is -0.574. The van der Waals surface area contributed by atoms with Crippen LogP contribution in [0.3, 0.4) is 0 Å². The van der Waals surface area contributed by atoms with E-state index in [4.69, 9.17) is 4.74 Å². The van der Waals surface area contributed by atoms with Gasteiger partial charge in [-0.3, -0.25) is 9.59 Å². The summed E-state index contributed by atoms with van der Waals surface area (Å²) in [6.45, 7) is 1.58. The molecule has 0 aliphatic carbocycles. The third-order valence-corrected chi connectivity index (χ3v) is 3.31. The maximum absolute atomic E-state index is 11.9. The molecule has 2 aliphatic heterocycles. The van der Waals surface area contributed by atoms with Crippen molar-refractivity contribution in [3.8, 4) is 0 Å². The lowest BCUT2D eigenvalue weighted by atomic mass is 9.98. The lowest BCUT2D eigenvalue weighted by molar-refractivity contribution is -0.138. The molecule has 2 amide bonds. The second kappa shape index (κ2) is 4.51. The molecule has 0 saturated carbocycles. The second-order valence-electron chi connectivity index (χ2n) is 4.46. The van der Waals surface area contributed by atoms with Crippen LogP contribution in [-0.2, 0) is 27.3 Å². The zero-order valence-electron chi connectivity index (χ0n) is 9.94. The van der Waals surface area contributed by atoms with Crippen LogP contribution in [0.2, 0.25) is 0 Å². The first-order chi connectivity index (χ1) is 8.77. The Kier molecular flexibility index (Phi) is 2.85. The molecule has 1 N–H and O–H groups in total. The molecular formula is C13H14N2O3. The number of carbonyl (C=O) groups excluding carboxylic acids is 2. The Hall–Kier alpha value is -1.72. The highest BCUT2D eigenvalue weighted by Gasteiger charge is 2.30. The van der Waals surface area contributed by atoms with E-state index in [1.54, 1.807) is 0 Å². The normalized spacial score (nSPS) is 19.9. The van der Waals surface area contributed by atoms with Crippen molar-refractivity contribution in [2.75, 3.05) is 24.7 Å². The van der Waals surface area contributed by atoms with Gasteiger partial charge in [-0.25, -0.2) is 4.90 Å². The van der Waals surface area contributed by atoms with E-state index in [9.17, 15) is 9.59 Å². The average molecular weight is 246 g/mol. The Morgan fingerprint density at radius 2 is 1.94 bits per heavy atom. The Morgan fingerprint density at radius 3 is 2.72 bits per heavy atom. The van der Waals surface area contributed by atoms with Crippen molar-refractivity contribution in [1.29, 1.82) is 0 Å². The Bertz CT molecular complexity index is 497. The summed E-state index contributed by atoms with van der Waals surface area (Å²) in [4.78, 5) is 25.0. The first-order valence-electron chi connectivity index (χ1n) is 6.02. The van der Waals surface area contributed by atoms with Crippen LogP contribution in [0.5, 0.6) is 0 Å². The van der Waals surface area contributed by atoms with Gasteiger partial charge in [0, 0.05) is 6.54 Å². The van der Waals surface area contributed by atoms with Gasteiger partial charge in [-0.05, 0) is 30.2 Å². The maximum atomic E-state index is 11.9. The number of amides is 2. The summed E-state index contributed by atoms with van der Waals surface area (Å²) in [5, 5.41) is 3.27. The zero-order valence-corrected chi connectivity index (χ0v) is 9.94. The molecule has 0 bridgehead atoms. The fraction of sp³-hybridized carbons (Fsp3) is 0.385. The van der Waals surface area contributed by atoms with Gasteiger partial charge in [0.1, 0.15) is 13.2 Å². The highest BCUT2D eigenvalue weighted by atomic mass is 16.5. The van der Waals surface area contributed by atoms with Gasteiger partial charge in [0.15, 0.2) is 0 Å². The minimum atomic E-state index is -0.287. The smallest absolute Gasteiger partial charge is 0.259 e. The number of hydrogen-bond acceptors (Lipinski definition) is 4. The van der Waals surface area contributed by atoms with E-state index in [1.165, 1.54) is 10.5 Å². The monoisotopic (exact) mass is 246 g/mol. The Balaban J connectivity index is 2.05. The quantitative estimate of drug-likeness (QED) is 0.720. The number of rotatable bonds is 1. The van der Waals surface area contributed by atoms with E-state index in [1.807, 2.05) is 12.1 Å². The molecule has 0 radical (unpaired) electrons. The van der Waals surface area contributed by atoms with Gasteiger partial charge in [-0.2, -0.15) is 0 Å². The summed E-state index contributed by atoms with van der Waals surface area (Å²) < 4.78 is 4.93. The van der Waals surface area contributed by atoms with Crippen LogP contribution in [0.25, 0.3) is 0 Å². The number of nitrogens with one attached hydrogen (secondary N) is 1. The van der Waals surface area contributed by atoms with E-state index >= 15 is 0 Å². The van der Waals surface area contributed by atoms with Gasteiger partial charge in [-0.15, -0.1) is 0 Å². The van der Waals surface area contributed by atoms with Gasteiger partial charge < -0.3 is 10.1 Å². The lowest BCUT2D eigenvalue weighted by Crippen LogP contribution is -2.47. The number of benzene rings is 1. The van der Waals surface area contributed by atoms with E-state index in [0.29, 0.717) is 12.2 Å². The molecule has 0 atom stereocenters. The van der Waals surface area contributed by atoms with Crippen molar-refractivity contribution in [2.24, 2.45) is 0 Å². The number of anilines is 1. The van der Waals surface area contributed by atoms with Crippen molar-refractivity contribution in [3.63, 3.8) is 0 Å². The third kappa shape index (κ3) is 1.81. The predicted octanol–water partition coefficient (Wildman–Crippen LogP) is 0.222. The van der Waals surface area contributed by atoms with Crippen molar-refractivity contribution in [2.45, 2.75) is 13.0 Å². The molecule has 0 spiro atoms. The fourth-order valence-corrected chi connectivity index (χ4v) is 2.47. The second-order valence-corrected chi connectivity index (χ2v) is 4.46. The number of carbonyl (C=O) groups is 2. The highest BCUT2D eigenvalue weighted by Crippen LogP contribution is 2.27. The number of morpholine rings is 1. The Morgan fingerprint density at radius 1 is 1.17 bits per heavy atom. The minimum Gasteiger partial charge on any atom is -0.362 e. The number of fused-ring (bicyclic) bond motifs is 1. The molecule has 18 heavy (non-hydrogen) atoms. The van der Waals surface area contributed by atoms with Crippen molar-refractivity contribution in [3.05, 3.63) is 29.3 Å². The maximum Gasteiger partial charge on any atom is 0.259 e. The molecule has 2 heterocycles. The fourth-order valence-electron chi connectivity index (χ4n) is 2.47. The molecule has 3 rings (SSSR count). The summed E-state index contributed by atoms with van der Waals surface area (Å²) >= 11 is 0. The minimum absolute atomic E-state index is 0.0250. The van der Waals surface area contributed by atoms with Gasteiger partial charge in [0.25, 0.3) is 11.8 Å². The molecule has 5 nitrogen and oxygen atoms in total. The SMILES string of the molecule is O=C1COCC(=O)N1c1cccc2c1CNCC2. The van der Waals surface area contributed by atoms with Crippen LogP contribution in [0.1, 0.15) is 11.1 Å². The third-order valence-electron chi connectivity index (χ3n) is 3.31. The van der Waals surface area contributed by atoms with Crippen LogP contribution in [0, 0.1) is 0 Å². The van der Waals surface area contributed by atoms with Crippen LogP contribution in [0.15, 0.2) is 18.2 Å². The van der Waals surface area contributed by atoms with Crippen molar-refractivity contribution < 1.29 is 14.3 Å². The van der Waals surface area contributed by atoms with Crippen LogP contribution >= 0.6 is 0 Å². The first-order valence-corrected chi connectivity index (χ1v) is 6.02. The summed E-state index contributed by atoms with van der Waals surface area (Å²) in [6, 6.07) is 5.78. The van der Waals surface area contributed by atoms with E-state index < -0.39 is 0 Å². The number of imide groups is 1. The molecule has 1 fully saturated rings. The summed E-state index contributed by atoms with van der Waals surface area (Å²) in [7, 11) is 0. The standard InChI is InChI=1S/C13H14N2O3/c16-12-7-18-8-13(17)15(12)11-3-1-2-9-4-5-14-6-10(9)11/h1-3,14H,4-8H2. The predicted molar refractivity (Wildman–Crippen MR) is 65.2 cm³/mol. The van der Waals surface area contributed by atoms with Gasteiger partial charge >= 0.3 is 0 Å². The molecule has 0 aromatic heterocycles. The molecule has 1 aromatic rings. The molecule has 0 unspecified atom stereocenters. The van der Waals surface area contributed by atoms with Gasteiger partial charge in [-0.1, -0.05) is 12.1 Å². The average Bonchev–Trinajstić information content (AvgIpc) is 2.39. The van der Waals surface area contributed by atoms with E-state index in [0.717, 1.165) is 18.5 Å². The largest absolute Gasteiger partial charge is 0.362 e. The first kappa shape index (κ1) is 11.4. The van der Waals surface area contributed by atoms with Gasteiger partial charge in [0.2, 0.25) is 0 Å². The molecule has 5 heteroatoms. The van der Waals surface area contributed by atoms with Crippen LogP contribution in [0.4, 0.5) is 5.69 Å². The topological polar surface area (TPSA) is 58.6 Å². The lowest BCUT2D eigenvalue weighted by Gasteiger charge is -2.29. The van der Waals surface area contributed by atoms with E-state index in [-0.39, 0.29) is 25.0 Å². The summed E-state index contributed by atoms with van der Waals surface area (Å²) in [5.41, 5.74) is 2.96. The van der Waals surface area contributed by atoms with Crippen molar-refractivity contribution >= 4 is 17.5 Å². The van der Waals surface area contributed by atoms with Crippen LogP contribution < -0.4 is 10.2 Å². The zero-order chi connectivity index (χ0) is 12.5. The van der Waals surface area contributed by atoms with E-state index in [2.05, 4.69) is 11.4 Å². The van der Waals surface area contributed by atoms with Crippen LogP contribution in [-0.4, -0.2) is 31.6 Å². The molecular weight excluding hydrogens is 232 g/mol. The molecule has 1 aromatic carbocycles. The number of hydrogen-bond donors (Lipinski definition) is 1. The number of nitrogens with zero attached hydrogens (tertiary/aromatic N) is 1. The molecule has 2 aliphatic rings. The summed E-state index contributed by atoms with van der Waals surface area (Å²) in [6.07, 6.45) is 0.926. The molecule has 1 saturated heterocycles. The van der Waals surface area contributed by atoms with Gasteiger partial charge in [0.05, 0.1) is 5.69 Å². The van der Waals surface area contributed by atoms with Crippen molar-refractivity contribution in [1.82, 2.24) is 5.32 Å². The Labute approximate surface area is 105 Å². The number of ether oxygens (including phenoxy) is 1. The molecule has 94 valence electrons. The highest BCUT2D eigenvalue weighted by molar-refractivity contribution is 6.17.